The van der Waals surface area contributed by atoms with Gasteiger partial charge in [-0.05, 0) is 64.3 Å². The second-order valence-corrected chi connectivity index (χ2v) is 5.46. The first kappa shape index (κ1) is 17.0. The van der Waals surface area contributed by atoms with Gasteiger partial charge in [0.15, 0.2) is 0 Å². The molecule has 0 spiro atoms. The van der Waals surface area contributed by atoms with E-state index in [2.05, 4.69) is 37.4 Å². The van der Waals surface area contributed by atoms with Crippen molar-refractivity contribution in [2.75, 3.05) is 19.7 Å². The normalized spacial score (nSPS) is 10.8. The van der Waals surface area contributed by atoms with Crippen LogP contribution in [0.1, 0.15) is 57.1 Å². The highest BCUT2D eigenvalue weighted by atomic mass is 16.5. The maximum atomic E-state index is 5.70. The van der Waals surface area contributed by atoms with Crippen LogP contribution in [0.3, 0.4) is 0 Å². The van der Waals surface area contributed by atoms with Crippen molar-refractivity contribution in [2.24, 2.45) is 0 Å². The van der Waals surface area contributed by atoms with Gasteiger partial charge in [-0.25, -0.2) is 0 Å². The van der Waals surface area contributed by atoms with E-state index in [1.54, 1.807) is 0 Å². The van der Waals surface area contributed by atoms with E-state index in [4.69, 9.17) is 4.74 Å². The zero-order valence-corrected chi connectivity index (χ0v) is 13.5. The monoisotopic (exact) mass is 277 g/mol. The standard InChI is InChI=1S/C18H31NO/c1-4-13-19-14-9-7-6-8-10-17-15-16(3)11-12-18(17)20-5-2/h11-12,15,19H,4-10,13-14H2,1-3H3. The van der Waals surface area contributed by atoms with Gasteiger partial charge in [0.25, 0.3) is 0 Å². The fraction of sp³-hybridized carbons (Fsp3) is 0.667. The van der Waals surface area contributed by atoms with E-state index in [0.717, 1.165) is 25.3 Å². The number of aryl methyl sites for hydroxylation is 2. The van der Waals surface area contributed by atoms with Crippen LogP contribution < -0.4 is 10.1 Å². The molecule has 1 rings (SSSR count). The van der Waals surface area contributed by atoms with Crippen LogP contribution in [-0.4, -0.2) is 19.7 Å². The quantitative estimate of drug-likeness (QED) is 0.601. The van der Waals surface area contributed by atoms with Crippen LogP contribution in [-0.2, 0) is 6.42 Å². The van der Waals surface area contributed by atoms with Crippen molar-refractivity contribution in [1.82, 2.24) is 5.32 Å². The summed E-state index contributed by atoms with van der Waals surface area (Å²) < 4.78 is 5.70. The predicted octanol–water partition coefficient (Wildman–Crippen LogP) is 4.50. The number of benzene rings is 1. The number of rotatable bonds is 11. The maximum Gasteiger partial charge on any atom is 0.122 e. The van der Waals surface area contributed by atoms with Crippen molar-refractivity contribution in [3.8, 4) is 5.75 Å². The van der Waals surface area contributed by atoms with Gasteiger partial charge in [-0.15, -0.1) is 0 Å². The molecular weight excluding hydrogens is 246 g/mol. The van der Waals surface area contributed by atoms with Gasteiger partial charge in [0.05, 0.1) is 6.61 Å². The number of ether oxygens (including phenoxy) is 1. The predicted molar refractivity (Wildman–Crippen MR) is 87.7 cm³/mol. The summed E-state index contributed by atoms with van der Waals surface area (Å²) in [5.74, 6) is 1.07. The highest BCUT2D eigenvalue weighted by molar-refractivity contribution is 5.36. The summed E-state index contributed by atoms with van der Waals surface area (Å²) in [5, 5.41) is 3.46. The van der Waals surface area contributed by atoms with Crippen LogP contribution in [0.5, 0.6) is 5.75 Å². The molecule has 1 aromatic rings. The van der Waals surface area contributed by atoms with Crippen LogP contribution in [0, 0.1) is 6.92 Å². The van der Waals surface area contributed by atoms with Gasteiger partial charge in [-0.3, -0.25) is 0 Å². The molecule has 0 saturated heterocycles. The molecular formula is C18H31NO. The van der Waals surface area contributed by atoms with Crippen molar-refractivity contribution < 1.29 is 4.74 Å². The van der Waals surface area contributed by atoms with Crippen LogP contribution in [0.4, 0.5) is 0 Å². The Morgan fingerprint density at radius 1 is 1.00 bits per heavy atom. The molecule has 0 aliphatic rings. The molecule has 1 N–H and O–H groups in total. The summed E-state index contributed by atoms with van der Waals surface area (Å²) in [5.41, 5.74) is 2.70. The van der Waals surface area contributed by atoms with Crippen molar-refractivity contribution in [3.05, 3.63) is 29.3 Å². The molecule has 0 heterocycles. The molecule has 1 aromatic carbocycles. The molecule has 0 saturated carbocycles. The Kier molecular flexibility index (Phi) is 9.14. The molecule has 2 heteroatoms. The minimum absolute atomic E-state index is 0.749. The second-order valence-electron chi connectivity index (χ2n) is 5.46. The first-order valence-electron chi connectivity index (χ1n) is 8.21. The van der Waals surface area contributed by atoms with Gasteiger partial charge < -0.3 is 10.1 Å². The lowest BCUT2D eigenvalue weighted by molar-refractivity contribution is 0.336. The molecule has 20 heavy (non-hydrogen) atoms. The van der Waals surface area contributed by atoms with Crippen molar-refractivity contribution in [3.63, 3.8) is 0 Å². The SMILES string of the molecule is CCCNCCCCCCc1cc(C)ccc1OCC. The van der Waals surface area contributed by atoms with E-state index in [1.807, 2.05) is 6.92 Å². The van der Waals surface area contributed by atoms with Gasteiger partial charge in [0, 0.05) is 0 Å². The minimum Gasteiger partial charge on any atom is -0.494 e. The molecule has 0 radical (unpaired) electrons. The zero-order chi connectivity index (χ0) is 14.6. The van der Waals surface area contributed by atoms with E-state index >= 15 is 0 Å². The van der Waals surface area contributed by atoms with Gasteiger partial charge in [0.2, 0.25) is 0 Å². The molecule has 0 aromatic heterocycles. The van der Waals surface area contributed by atoms with Gasteiger partial charge in [-0.2, -0.15) is 0 Å². The molecule has 0 aliphatic carbocycles. The third kappa shape index (κ3) is 6.95. The number of nitrogens with one attached hydrogen (secondary N) is 1. The summed E-state index contributed by atoms with van der Waals surface area (Å²) in [6, 6.07) is 6.52. The van der Waals surface area contributed by atoms with Gasteiger partial charge >= 0.3 is 0 Å². The first-order chi connectivity index (χ1) is 9.77. The summed E-state index contributed by atoms with van der Waals surface area (Å²) >= 11 is 0. The number of hydrogen-bond donors (Lipinski definition) is 1. The average molecular weight is 277 g/mol. The summed E-state index contributed by atoms with van der Waals surface area (Å²) in [6.07, 6.45) is 7.57. The fourth-order valence-electron chi connectivity index (χ4n) is 2.42. The van der Waals surface area contributed by atoms with E-state index in [9.17, 15) is 0 Å². The topological polar surface area (TPSA) is 21.3 Å². The molecule has 0 atom stereocenters. The Labute approximate surface area is 124 Å². The number of hydrogen-bond acceptors (Lipinski definition) is 2. The lowest BCUT2D eigenvalue weighted by Crippen LogP contribution is -2.15. The van der Waals surface area contributed by atoms with E-state index in [0.29, 0.717) is 0 Å². The minimum atomic E-state index is 0.749. The molecule has 0 aliphatic heterocycles. The Balaban J connectivity index is 2.22. The van der Waals surface area contributed by atoms with Crippen molar-refractivity contribution in [2.45, 2.75) is 59.3 Å². The van der Waals surface area contributed by atoms with Crippen LogP contribution in [0.2, 0.25) is 0 Å². The summed E-state index contributed by atoms with van der Waals surface area (Å²) in [6.45, 7) is 9.49. The van der Waals surface area contributed by atoms with Crippen molar-refractivity contribution >= 4 is 0 Å². The van der Waals surface area contributed by atoms with Crippen LogP contribution >= 0.6 is 0 Å². The molecule has 0 bridgehead atoms. The Morgan fingerprint density at radius 3 is 2.55 bits per heavy atom. The zero-order valence-electron chi connectivity index (χ0n) is 13.5. The summed E-state index contributed by atoms with van der Waals surface area (Å²) in [4.78, 5) is 0. The van der Waals surface area contributed by atoms with Gasteiger partial charge in [0.1, 0.15) is 5.75 Å². The third-order valence-electron chi connectivity index (χ3n) is 3.49. The number of unbranched alkanes of at least 4 members (excludes halogenated alkanes) is 3. The Bertz CT molecular complexity index is 362. The van der Waals surface area contributed by atoms with E-state index in [1.165, 1.54) is 49.8 Å². The Hall–Kier alpha value is -1.02. The molecule has 0 fully saturated rings. The maximum absolute atomic E-state index is 5.70. The van der Waals surface area contributed by atoms with Crippen molar-refractivity contribution in [1.29, 1.82) is 0 Å². The second kappa shape index (κ2) is 10.7. The summed E-state index contributed by atoms with van der Waals surface area (Å²) in [7, 11) is 0. The smallest absolute Gasteiger partial charge is 0.122 e. The van der Waals surface area contributed by atoms with E-state index in [-0.39, 0.29) is 0 Å². The molecule has 0 amide bonds. The van der Waals surface area contributed by atoms with E-state index < -0.39 is 0 Å². The van der Waals surface area contributed by atoms with Gasteiger partial charge in [-0.1, -0.05) is 37.5 Å². The highest BCUT2D eigenvalue weighted by Crippen LogP contribution is 2.22. The van der Waals surface area contributed by atoms with Crippen LogP contribution in [0.15, 0.2) is 18.2 Å². The molecule has 2 nitrogen and oxygen atoms in total. The molecule has 114 valence electrons. The lowest BCUT2D eigenvalue weighted by Gasteiger charge is -2.11. The average Bonchev–Trinajstić information content (AvgIpc) is 2.44. The highest BCUT2D eigenvalue weighted by Gasteiger charge is 2.03. The Morgan fingerprint density at radius 2 is 1.80 bits per heavy atom. The third-order valence-corrected chi connectivity index (χ3v) is 3.49. The molecule has 0 unspecified atom stereocenters. The van der Waals surface area contributed by atoms with Crippen LogP contribution in [0.25, 0.3) is 0 Å². The fourth-order valence-corrected chi connectivity index (χ4v) is 2.42. The first-order valence-corrected chi connectivity index (χ1v) is 8.21. The lowest BCUT2D eigenvalue weighted by atomic mass is 10.0. The largest absolute Gasteiger partial charge is 0.494 e.